The van der Waals surface area contributed by atoms with Gasteiger partial charge in [-0.15, -0.1) is 0 Å². The molecule has 2 aliphatic heterocycles. The minimum absolute atomic E-state index is 0.288. The van der Waals surface area contributed by atoms with E-state index < -0.39 is 0 Å². The Kier molecular flexibility index (Phi) is 3.57. The number of fused-ring (bicyclic) bond motifs is 1. The van der Waals surface area contributed by atoms with E-state index in [0.29, 0.717) is 18.6 Å². The van der Waals surface area contributed by atoms with Gasteiger partial charge in [0.05, 0.1) is 6.54 Å². The highest BCUT2D eigenvalue weighted by Crippen LogP contribution is 2.28. The Balaban J connectivity index is 1.60. The van der Waals surface area contributed by atoms with E-state index in [0.717, 1.165) is 25.6 Å². The van der Waals surface area contributed by atoms with Gasteiger partial charge in [0.25, 0.3) is 0 Å². The molecule has 3 aliphatic rings. The van der Waals surface area contributed by atoms with Crippen molar-refractivity contribution < 1.29 is 4.79 Å². The monoisotopic (exact) mass is 251 g/mol. The van der Waals surface area contributed by atoms with E-state index in [9.17, 15) is 4.79 Å². The van der Waals surface area contributed by atoms with Crippen LogP contribution in [-0.2, 0) is 4.79 Å². The number of hydrogen-bond acceptors (Lipinski definition) is 3. The molecule has 2 atom stereocenters. The summed E-state index contributed by atoms with van der Waals surface area (Å²) in [5, 5.41) is 3.74. The zero-order valence-electron chi connectivity index (χ0n) is 11.4. The first kappa shape index (κ1) is 12.4. The zero-order chi connectivity index (χ0) is 12.5. The zero-order valence-corrected chi connectivity index (χ0v) is 11.4. The van der Waals surface area contributed by atoms with Gasteiger partial charge in [0, 0.05) is 38.8 Å². The van der Waals surface area contributed by atoms with Gasteiger partial charge in [-0.05, 0) is 18.8 Å². The summed E-state index contributed by atoms with van der Waals surface area (Å²) < 4.78 is 0. The van der Waals surface area contributed by atoms with Crippen molar-refractivity contribution in [3.05, 3.63) is 0 Å². The molecule has 102 valence electrons. The standard InChI is InChI=1S/C14H25N3O/c1-16-8-12-7-15-13(9-17(12)10-14(16)18)11-5-3-2-4-6-11/h11-13,15H,2-10H2,1H3. The Hall–Kier alpha value is -0.610. The van der Waals surface area contributed by atoms with Crippen LogP contribution in [-0.4, -0.2) is 61.0 Å². The van der Waals surface area contributed by atoms with Gasteiger partial charge in [0.15, 0.2) is 0 Å². The highest BCUT2D eigenvalue weighted by molar-refractivity contribution is 5.78. The van der Waals surface area contributed by atoms with Crippen LogP contribution in [0.25, 0.3) is 0 Å². The first-order valence-electron chi connectivity index (χ1n) is 7.45. The van der Waals surface area contributed by atoms with Crippen LogP contribution >= 0.6 is 0 Å². The van der Waals surface area contributed by atoms with Crippen molar-refractivity contribution in [2.45, 2.75) is 44.2 Å². The van der Waals surface area contributed by atoms with Crippen LogP contribution in [0, 0.1) is 5.92 Å². The van der Waals surface area contributed by atoms with Gasteiger partial charge < -0.3 is 10.2 Å². The average molecular weight is 251 g/mol. The number of carbonyl (C=O) groups excluding carboxylic acids is 1. The summed E-state index contributed by atoms with van der Waals surface area (Å²) in [6, 6.07) is 1.16. The summed E-state index contributed by atoms with van der Waals surface area (Å²) in [6.45, 7) is 3.66. The summed E-state index contributed by atoms with van der Waals surface area (Å²) in [5.41, 5.74) is 0. The van der Waals surface area contributed by atoms with Gasteiger partial charge in [0.1, 0.15) is 0 Å². The molecule has 4 heteroatoms. The SMILES string of the molecule is CN1CC2CNC(C3CCCCC3)CN2CC1=O. The second-order valence-corrected chi connectivity index (χ2v) is 6.27. The number of piperazine rings is 2. The van der Waals surface area contributed by atoms with Crippen LogP contribution in [0.2, 0.25) is 0 Å². The fourth-order valence-electron chi connectivity index (χ4n) is 3.82. The molecule has 2 unspecified atom stereocenters. The summed E-state index contributed by atoms with van der Waals surface area (Å²) in [7, 11) is 1.92. The number of nitrogens with zero attached hydrogens (tertiary/aromatic N) is 2. The number of carbonyl (C=O) groups is 1. The number of likely N-dealkylation sites (N-methyl/N-ethyl adjacent to an activating group) is 1. The second-order valence-electron chi connectivity index (χ2n) is 6.27. The number of nitrogens with one attached hydrogen (secondary N) is 1. The Labute approximate surface area is 110 Å². The molecule has 0 spiro atoms. The molecular formula is C14H25N3O. The summed E-state index contributed by atoms with van der Waals surface area (Å²) >= 11 is 0. The largest absolute Gasteiger partial charge is 0.343 e. The van der Waals surface area contributed by atoms with E-state index in [2.05, 4.69) is 10.2 Å². The van der Waals surface area contributed by atoms with E-state index in [1.807, 2.05) is 11.9 Å². The number of rotatable bonds is 1. The van der Waals surface area contributed by atoms with Crippen molar-refractivity contribution in [1.82, 2.24) is 15.1 Å². The van der Waals surface area contributed by atoms with Crippen molar-refractivity contribution in [2.75, 3.05) is 33.2 Å². The Morgan fingerprint density at radius 1 is 1.17 bits per heavy atom. The lowest BCUT2D eigenvalue weighted by atomic mass is 9.82. The maximum atomic E-state index is 11.8. The molecule has 1 saturated carbocycles. The molecule has 0 radical (unpaired) electrons. The van der Waals surface area contributed by atoms with Gasteiger partial charge >= 0.3 is 0 Å². The summed E-state index contributed by atoms with van der Waals surface area (Å²) in [4.78, 5) is 16.1. The lowest BCUT2D eigenvalue weighted by Crippen LogP contribution is -2.66. The van der Waals surface area contributed by atoms with Crippen molar-refractivity contribution in [3.8, 4) is 0 Å². The van der Waals surface area contributed by atoms with Gasteiger partial charge in [0.2, 0.25) is 5.91 Å². The van der Waals surface area contributed by atoms with Crippen LogP contribution in [0.5, 0.6) is 0 Å². The van der Waals surface area contributed by atoms with Gasteiger partial charge in [-0.25, -0.2) is 0 Å². The predicted molar refractivity (Wildman–Crippen MR) is 71.4 cm³/mol. The maximum absolute atomic E-state index is 11.8. The second kappa shape index (κ2) is 5.17. The van der Waals surface area contributed by atoms with Crippen molar-refractivity contribution >= 4 is 5.91 Å². The molecular weight excluding hydrogens is 226 g/mol. The van der Waals surface area contributed by atoms with E-state index in [1.54, 1.807) is 0 Å². The third kappa shape index (κ3) is 2.41. The Bertz CT molecular complexity index is 314. The third-order valence-corrected chi connectivity index (χ3v) is 5.03. The number of amides is 1. The summed E-state index contributed by atoms with van der Waals surface area (Å²) in [6.07, 6.45) is 6.97. The van der Waals surface area contributed by atoms with Crippen molar-refractivity contribution in [2.24, 2.45) is 5.92 Å². The molecule has 3 fully saturated rings. The van der Waals surface area contributed by atoms with Gasteiger partial charge in [-0.1, -0.05) is 19.3 Å². The molecule has 1 amide bonds. The smallest absolute Gasteiger partial charge is 0.236 e. The summed E-state index contributed by atoms with van der Waals surface area (Å²) in [5.74, 6) is 1.13. The van der Waals surface area contributed by atoms with Crippen LogP contribution in [0.4, 0.5) is 0 Å². The first-order chi connectivity index (χ1) is 8.74. The van der Waals surface area contributed by atoms with E-state index in [1.165, 1.54) is 32.1 Å². The highest BCUT2D eigenvalue weighted by atomic mass is 16.2. The van der Waals surface area contributed by atoms with Gasteiger partial charge in [-0.2, -0.15) is 0 Å². The van der Waals surface area contributed by atoms with Crippen LogP contribution < -0.4 is 5.32 Å². The highest BCUT2D eigenvalue weighted by Gasteiger charge is 2.37. The number of hydrogen-bond donors (Lipinski definition) is 1. The Morgan fingerprint density at radius 3 is 2.72 bits per heavy atom. The minimum Gasteiger partial charge on any atom is -0.343 e. The fourth-order valence-corrected chi connectivity index (χ4v) is 3.82. The third-order valence-electron chi connectivity index (χ3n) is 5.03. The van der Waals surface area contributed by atoms with Crippen molar-refractivity contribution in [3.63, 3.8) is 0 Å². The molecule has 0 aromatic rings. The van der Waals surface area contributed by atoms with E-state index in [4.69, 9.17) is 0 Å². The molecule has 18 heavy (non-hydrogen) atoms. The quantitative estimate of drug-likeness (QED) is 0.744. The topological polar surface area (TPSA) is 35.6 Å². The first-order valence-corrected chi connectivity index (χ1v) is 7.45. The van der Waals surface area contributed by atoms with Crippen LogP contribution in [0.15, 0.2) is 0 Å². The lowest BCUT2D eigenvalue weighted by molar-refractivity contribution is -0.138. The maximum Gasteiger partial charge on any atom is 0.236 e. The minimum atomic E-state index is 0.288. The van der Waals surface area contributed by atoms with E-state index in [-0.39, 0.29) is 5.91 Å². The molecule has 1 N–H and O–H groups in total. The molecule has 0 aromatic heterocycles. The molecule has 3 rings (SSSR count). The normalized spacial score (nSPS) is 35.6. The van der Waals surface area contributed by atoms with Crippen LogP contribution in [0.3, 0.4) is 0 Å². The van der Waals surface area contributed by atoms with E-state index >= 15 is 0 Å². The molecule has 0 aromatic carbocycles. The molecule has 0 bridgehead atoms. The lowest BCUT2D eigenvalue weighted by Gasteiger charge is -2.47. The predicted octanol–water partition coefficient (Wildman–Crippen LogP) is 0.681. The molecule has 4 nitrogen and oxygen atoms in total. The molecule has 2 heterocycles. The molecule has 1 aliphatic carbocycles. The van der Waals surface area contributed by atoms with Gasteiger partial charge in [-0.3, -0.25) is 9.69 Å². The van der Waals surface area contributed by atoms with Crippen molar-refractivity contribution in [1.29, 1.82) is 0 Å². The van der Waals surface area contributed by atoms with Crippen LogP contribution in [0.1, 0.15) is 32.1 Å². The average Bonchev–Trinajstić information content (AvgIpc) is 2.41. The molecule has 2 saturated heterocycles. The Morgan fingerprint density at radius 2 is 1.94 bits per heavy atom. The fraction of sp³-hybridized carbons (Fsp3) is 0.929.